The molecular weight excluding hydrogens is 204 g/mol. The van der Waals surface area contributed by atoms with Gasteiger partial charge in [0.2, 0.25) is 0 Å². The number of hydrogen-bond acceptors (Lipinski definition) is 4. The first-order valence-corrected chi connectivity index (χ1v) is 5.48. The molecule has 0 aliphatic rings. The van der Waals surface area contributed by atoms with Gasteiger partial charge in [0.05, 0.1) is 6.10 Å². The zero-order valence-electron chi connectivity index (χ0n) is 9.56. The highest BCUT2D eigenvalue weighted by Crippen LogP contribution is 2.19. The molecule has 4 heteroatoms. The van der Waals surface area contributed by atoms with Gasteiger partial charge in [0.1, 0.15) is 6.10 Å². The van der Waals surface area contributed by atoms with Crippen molar-refractivity contribution in [1.29, 1.82) is 0 Å². The van der Waals surface area contributed by atoms with Crippen LogP contribution in [0.5, 0.6) is 0 Å². The lowest BCUT2D eigenvalue weighted by molar-refractivity contribution is 0.0150. The van der Waals surface area contributed by atoms with Crippen molar-refractivity contribution in [3.8, 4) is 0 Å². The van der Waals surface area contributed by atoms with Gasteiger partial charge in [-0.25, -0.2) is 0 Å². The molecule has 0 aliphatic heterocycles. The Labute approximate surface area is 96.1 Å². The topological polar surface area (TPSA) is 78.5 Å². The van der Waals surface area contributed by atoms with Gasteiger partial charge in [-0.15, -0.1) is 0 Å². The van der Waals surface area contributed by atoms with E-state index in [-0.39, 0.29) is 0 Å². The molecular formula is C12H20N2O2. The molecule has 0 bridgehead atoms. The van der Waals surface area contributed by atoms with Gasteiger partial charge < -0.3 is 21.3 Å². The average molecular weight is 224 g/mol. The van der Waals surface area contributed by atoms with Gasteiger partial charge in [-0.1, -0.05) is 24.3 Å². The summed E-state index contributed by atoms with van der Waals surface area (Å²) in [5.41, 5.74) is 7.20. The fourth-order valence-corrected chi connectivity index (χ4v) is 1.59. The molecule has 0 aromatic heterocycles. The quantitative estimate of drug-likeness (QED) is 0.554. The summed E-state index contributed by atoms with van der Waals surface area (Å²) in [7, 11) is 1.88. The van der Waals surface area contributed by atoms with E-state index in [4.69, 9.17) is 5.73 Å². The van der Waals surface area contributed by atoms with Crippen molar-refractivity contribution in [2.24, 2.45) is 5.73 Å². The molecule has 0 saturated carbocycles. The van der Waals surface area contributed by atoms with Gasteiger partial charge in [-0.3, -0.25) is 0 Å². The number of benzene rings is 1. The van der Waals surface area contributed by atoms with E-state index < -0.39 is 12.2 Å². The summed E-state index contributed by atoms with van der Waals surface area (Å²) < 4.78 is 0. The van der Waals surface area contributed by atoms with Crippen molar-refractivity contribution < 1.29 is 10.2 Å². The first-order valence-electron chi connectivity index (χ1n) is 5.48. The highest BCUT2D eigenvalue weighted by Gasteiger charge is 2.16. The zero-order chi connectivity index (χ0) is 12.0. The first-order chi connectivity index (χ1) is 7.69. The van der Waals surface area contributed by atoms with Crippen molar-refractivity contribution in [2.45, 2.75) is 25.2 Å². The van der Waals surface area contributed by atoms with Crippen LogP contribution in [-0.4, -0.2) is 29.9 Å². The molecule has 0 aliphatic carbocycles. The lowest BCUT2D eigenvalue weighted by Gasteiger charge is -2.17. The summed E-state index contributed by atoms with van der Waals surface area (Å²) in [6.07, 6.45) is -1.24. The van der Waals surface area contributed by atoms with Crippen LogP contribution in [0.15, 0.2) is 24.3 Å². The van der Waals surface area contributed by atoms with E-state index in [1.807, 2.05) is 31.3 Å². The van der Waals surface area contributed by atoms with Gasteiger partial charge in [-0.2, -0.15) is 0 Å². The fraction of sp³-hybridized carbons (Fsp3) is 0.500. The molecule has 5 N–H and O–H groups in total. The number of hydrogen-bond donors (Lipinski definition) is 4. The second-order valence-electron chi connectivity index (χ2n) is 3.86. The Bertz CT molecular complexity index is 300. The second-order valence-corrected chi connectivity index (χ2v) is 3.86. The molecule has 2 atom stereocenters. The third-order valence-corrected chi connectivity index (χ3v) is 2.53. The summed E-state index contributed by atoms with van der Waals surface area (Å²) in [6, 6.07) is 7.53. The third kappa shape index (κ3) is 3.57. The van der Waals surface area contributed by atoms with Crippen LogP contribution in [0.25, 0.3) is 0 Å². The van der Waals surface area contributed by atoms with Crippen LogP contribution in [-0.2, 0) is 6.54 Å². The molecule has 4 nitrogen and oxygen atoms in total. The molecule has 0 fully saturated rings. The van der Waals surface area contributed by atoms with Gasteiger partial charge in [0, 0.05) is 6.54 Å². The van der Waals surface area contributed by atoms with Gasteiger partial charge in [-0.05, 0) is 31.1 Å². The molecule has 0 heterocycles. The molecule has 1 rings (SSSR count). The molecule has 0 saturated heterocycles. The molecule has 1 aromatic carbocycles. The average Bonchev–Trinajstić information content (AvgIpc) is 2.30. The lowest BCUT2D eigenvalue weighted by atomic mass is 10.0. The largest absolute Gasteiger partial charge is 0.390 e. The summed E-state index contributed by atoms with van der Waals surface area (Å²) in [4.78, 5) is 0. The molecule has 2 unspecified atom stereocenters. The summed E-state index contributed by atoms with van der Waals surface area (Å²) in [6.45, 7) is 1.16. The van der Waals surface area contributed by atoms with E-state index in [0.29, 0.717) is 13.0 Å². The van der Waals surface area contributed by atoms with E-state index in [2.05, 4.69) is 5.32 Å². The smallest absolute Gasteiger partial charge is 0.105 e. The standard InChI is InChI=1S/C12H20N2O2/c1-14-8-9-2-4-10(5-3-9)12(16)11(15)6-7-13/h2-5,11-12,14-16H,6-8,13H2,1H3. The van der Waals surface area contributed by atoms with Crippen molar-refractivity contribution in [3.05, 3.63) is 35.4 Å². The number of nitrogens with two attached hydrogens (primary N) is 1. The van der Waals surface area contributed by atoms with Gasteiger partial charge in [0.25, 0.3) is 0 Å². The summed E-state index contributed by atoms with van der Waals surface area (Å²) >= 11 is 0. The molecule has 0 spiro atoms. The van der Waals surface area contributed by atoms with Gasteiger partial charge >= 0.3 is 0 Å². The highest BCUT2D eigenvalue weighted by atomic mass is 16.3. The molecule has 90 valence electrons. The minimum Gasteiger partial charge on any atom is -0.390 e. The Hall–Kier alpha value is -0.940. The normalized spacial score (nSPS) is 14.8. The third-order valence-electron chi connectivity index (χ3n) is 2.53. The van der Waals surface area contributed by atoms with Crippen LogP contribution in [0.4, 0.5) is 0 Å². The summed E-state index contributed by atoms with van der Waals surface area (Å²) in [5.74, 6) is 0. The second kappa shape index (κ2) is 6.60. The molecule has 16 heavy (non-hydrogen) atoms. The van der Waals surface area contributed by atoms with Crippen LogP contribution in [0, 0.1) is 0 Å². The number of rotatable bonds is 6. The minimum atomic E-state index is -0.854. The monoisotopic (exact) mass is 224 g/mol. The predicted octanol–water partition coefficient (Wildman–Crippen LogP) is 0.149. The minimum absolute atomic E-state index is 0.371. The van der Waals surface area contributed by atoms with Crippen LogP contribution < -0.4 is 11.1 Å². The molecule has 0 amide bonds. The number of aliphatic hydroxyl groups is 2. The van der Waals surface area contributed by atoms with Crippen LogP contribution in [0.1, 0.15) is 23.7 Å². The van der Waals surface area contributed by atoms with Crippen molar-refractivity contribution in [1.82, 2.24) is 5.32 Å². The number of aliphatic hydroxyl groups excluding tert-OH is 2. The van der Waals surface area contributed by atoms with Gasteiger partial charge in [0.15, 0.2) is 0 Å². The van der Waals surface area contributed by atoms with Crippen LogP contribution in [0.3, 0.4) is 0 Å². The molecule has 1 aromatic rings. The Morgan fingerprint density at radius 1 is 1.25 bits per heavy atom. The van der Waals surface area contributed by atoms with E-state index >= 15 is 0 Å². The van der Waals surface area contributed by atoms with Crippen LogP contribution in [0.2, 0.25) is 0 Å². The Kier molecular flexibility index (Phi) is 5.42. The highest BCUT2D eigenvalue weighted by molar-refractivity contribution is 5.24. The van der Waals surface area contributed by atoms with E-state index in [1.165, 1.54) is 0 Å². The predicted molar refractivity (Wildman–Crippen MR) is 63.8 cm³/mol. The molecule has 0 radical (unpaired) electrons. The maximum absolute atomic E-state index is 9.82. The maximum atomic E-state index is 9.82. The van der Waals surface area contributed by atoms with Crippen molar-refractivity contribution in [3.63, 3.8) is 0 Å². The van der Waals surface area contributed by atoms with E-state index in [0.717, 1.165) is 17.7 Å². The fourth-order valence-electron chi connectivity index (χ4n) is 1.59. The van der Waals surface area contributed by atoms with E-state index in [9.17, 15) is 10.2 Å². The maximum Gasteiger partial charge on any atom is 0.105 e. The van der Waals surface area contributed by atoms with Crippen LogP contribution >= 0.6 is 0 Å². The Balaban J connectivity index is 2.65. The number of nitrogens with one attached hydrogen (secondary N) is 1. The Morgan fingerprint density at radius 3 is 2.38 bits per heavy atom. The lowest BCUT2D eigenvalue weighted by Crippen LogP contribution is -2.21. The van der Waals surface area contributed by atoms with E-state index in [1.54, 1.807) is 0 Å². The summed E-state index contributed by atoms with van der Waals surface area (Å²) in [5, 5.41) is 22.5. The zero-order valence-corrected chi connectivity index (χ0v) is 9.56. The van der Waals surface area contributed by atoms with Crippen molar-refractivity contribution in [2.75, 3.05) is 13.6 Å². The first kappa shape index (κ1) is 13.1. The van der Waals surface area contributed by atoms with Crippen molar-refractivity contribution >= 4 is 0 Å². The SMILES string of the molecule is CNCc1ccc(C(O)C(O)CCN)cc1. The Morgan fingerprint density at radius 2 is 1.88 bits per heavy atom.